The molecule has 62 heavy (non-hydrogen) atoms. The number of carbonyl (C=O) groups excluding carboxylic acids is 2. The summed E-state index contributed by atoms with van der Waals surface area (Å²) in [5.74, 6) is -0.187. The molecule has 2 heterocycles. The van der Waals surface area contributed by atoms with E-state index in [0.717, 1.165) is 38.9 Å². The van der Waals surface area contributed by atoms with Gasteiger partial charge >= 0.3 is 5.97 Å². The lowest BCUT2D eigenvalue weighted by molar-refractivity contribution is -0.142. The summed E-state index contributed by atoms with van der Waals surface area (Å²) in [5.41, 5.74) is 7.71. The van der Waals surface area contributed by atoms with E-state index in [1.54, 1.807) is 55.6 Å². The third kappa shape index (κ3) is 9.38. The predicted molar refractivity (Wildman–Crippen MR) is 235 cm³/mol. The van der Waals surface area contributed by atoms with Crippen molar-refractivity contribution in [3.63, 3.8) is 0 Å². The van der Waals surface area contributed by atoms with Gasteiger partial charge in [0.25, 0.3) is 5.91 Å². The van der Waals surface area contributed by atoms with Crippen molar-refractivity contribution in [3.05, 3.63) is 176 Å². The van der Waals surface area contributed by atoms with Gasteiger partial charge in [0.1, 0.15) is 29.9 Å². The van der Waals surface area contributed by atoms with E-state index >= 15 is 0 Å². The highest BCUT2D eigenvalue weighted by Crippen LogP contribution is 2.40. The molecule has 2 aliphatic rings. The number of hydrogen-bond donors (Lipinski definition) is 3. The molecular formula is C49H40Cl2N4O7. The lowest BCUT2D eigenvalue weighted by Crippen LogP contribution is -2.54. The number of fused-ring (bicyclic) bond motifs is 2. The molecule has 6 aromatic rings. The van der Waals surface area contributed by atoms with Crippen molar-refractivity contribution in [1.82, 2.24) is 10.2 Å². The standard InChI is InChI=1S/C49H40Cl2N4O7/c1-60-44-5-3-2-4-35(44)26-55-27-37-24-45-41(53-48(57)46(62-45)34-15-17-38(18-16-34)61-28-31-10-19-39(50)40(51)20-31)22-36(37)23-43(55)47(56)54-42(49(58)59)21-29-6-11-32(12-7-29)33-13-8-30(25-52)9-14-33/h2-20,22,24,42-43,46H,21,23,26-28H2,1H3,(H,53,57)(H,54,56)(H,58,59)/t42?,43-,46-/m0/s1. The molecule has 0 saturated heterocycles. The van der Waals surface area contributed by atoms with Crippen LogP contribution in [0.2, 0.25) is 10.0 Å². The molecule has 8 rings (SSSR count). The summed E-state index contributed by atoms with van der Waals surface area (Å²) in [5, 5.41) is 26.2. The Morgan fingerprint density at radius 1 is 0.903 bits per heavy atom. The molecule has 1 unspecified atom stereocenters. The molecule has 312 valence electrons. The van der Waals surface area contributed by atoms with Gasteiger partial charge < -0.3 is 30.0 Å². The Morgan fingerprint density at radius 2 is 1.61 bits per heavy atom. The van der Waals surface area contributed by atoms with Gasteiger partial charge in [-0.2, -0.15) is 5.26 Å². The molecule has 0 saturated carbocycles. The number of carboxylic acids is 1. The van der Waals surface area contributed by atoms with E-state index in [2.05, 4.69) is 16.7 Å². The molecule has 0 bridgehead atoms. The molecule has 0 radical (unpaired) electrons. The third-order valence-corrected chi connectivity index (χ3v) is 11.8. The van der Waals surface area contributed by atoms with Gasteiger partial charge in [0, 0.05) is 30.6 Å². The SMILES string of the molecule is COc1ccccc1CN1Cc2cc3c(cc2C[C@H]1C(=O)NC(Cc1ccc(-c2ccc(C#N)cc2)cc1)C(=O)O)NC(=O)[C@H](c1ccc(OCc2ccc(Cl)c(Cl)c2)cc1)O3. The number of benzene rings is 6. The molecule has 3 N–H and O–H groups in total. The fourth-order valence-electron chi connectivity index (χ4n) is 7.75. The monoisotopic (exact) mass is 866 g/mol. The minimum Gasteiger partial charge on any atom is -0.496 e. The normalized spacial score (nSPS) is 16.1. The second kappa shape index (κ2) is 18.4. The smallest absolute Gasteiger partial charge is 0.326 e. The maximum atomic E-state index is 14.3. The summed E-state index contributed by atoms with van der Waals surface area (Å²) in [6.45, 7) is 0.955. The number of amides is 2. The largest absolute Gasteiger partial charge is 0.496 e. The van der Waals surface area contributed by atoms with Crippen LogP contribution in [0.1, 0.15) is 45.0 Å². The Kier molecular flexibility index (Phi) is 12.4. The first kappa shape index (κ1) is 41.9. The molecule has 0 spiro atoms. The number of halogens is 2. The van der Waals surface area contributed by atoms with Gasteiger partial charge in [0.05, 0.1) is 40.5 Å². The minimum atomic E-state index is -1.20. The van der Waals surface area contributed by atoms with Crippen LogP contribution in [-0.4, -0.2) is 47.0 Å². The molecule has 2 amide bonds. The highest BCUT2D eigenvalue weighted by atomic mass is 35.5. The second-order valence-electron chi connectivity index (χ2n) is 15.1. The van der Waals surface area contributed by atoms with Crippen LogP contribution in [0.15, 0.2) is 127 Å². The number of para-hydroxylation sites is 1. The molecule has 2 aliphatic heterocycles. The Hall–Kier alpha value is -6.84. The van der Waals surface area contributed by atoms with Crippen molar-refractivity contribution in [2.24, 2.45) is 0 Å². The van der Waals surface area contributed by atoms with E-state index in [1.807, 2.05) is 83.8 Å². The first-order valence-corrected chi connectivity index (χ1v) is 20.6. The van der Waals surface area contributed by atoms with Crippen LogP contribution in [0.3, 0.4) is 0 Å². The Bertz CT molecular complexity index is 2680. The van der Waals surface area contributed by atoms with Crippen molar-refractivity contribution >= 4 is 46.7 Å². The quantitative estimate of drug-likeness (QED) is 0.103. The fourth-order valence-corrected chi connectivity index (χ4v) is 8.07. The average Bonchev–Trinajstić information content (AvgIpc) is 3.28. The zero-order chi connectivity index (χ0) is 43.3. The summed E-state index contributed by atoms with van der Waals surface area (Å²) >= 11 is 12.2. The fraction of sp³-hybridized carbons (Fsp3) is 0.184. The van der Waals surface area contributed by atoms with Crippen molar-refractivity contribution in [1.29, 1.82) is 5.26 Å². The van der Waals surface area contributed by atoms with Crippen LogP contribution in [0.5, 0.6) is 17.2 Å². The van der Waals surface area contributed by atoms with Gasteiger partial charge in [-0.3, -0.25) is 14.5 Å². The van der Waals surface area contributed by atoms with Crippen molar-refractivity contribution in [2.45, 2.75) is 50.7 Å². The first-order chi connectivity index (χ1) is 30.0. The predicted octanol–water partition coefficient (Wildman–Crippen LogP) is 8.93. The Balaban J connectivity index is 0.993. The number of hydrogen-bond acceptors (Lipinski definition) is 8. The zero-order valence-corrected chi connectivity index (χ0v) is 35.0. The minimum absolute atomic E-state index is 0.0665. The van der Waals surface area contributed by atoms with E-state index in [-0.39, 0.29) is 25.4 Å². The van der Waals surface area contributed by atoms with Crippen LogP contribution >= 0.6 is 23.2 Å². The average molecular weight is 868 g/mol. The topological polar surface area (TPSA) is 150 Å². The van der Waals surface area contributed by atoms with Crippen molar-refractivity contribution in [2.75, 3.05) is 12.4 Å². The van der Waals surface area contributed by atoms with Gasteiger partial charge in [-0.05, 0) is 94.4 Å². The first-order valence-electron chi connectivity index (χ1n) is 19.8. The number of methoxy groups -OCH3 is 1. The van der Waals surface area contributed by atoms with Crippen LogP contribution in [0.4, 0.5) is 5.69 Å². The van der Waals surface area contributed by atoms with Crippen LogP contribution in [0.25, 0.3) is 11.1 Å². The molecule has 6 aromatic carbocycles. The second-order valence-corrected chi connectivity index (χ2v) is 16.0. The maximum Gasteiger partial charge on any atom is 0.326 e. The molecule has 0 fully saturated rings. The number of carboxylic acid groups (broad SMARTS) is 1. The van der Waals surface area contributed by atoms with Crippen LogP contribution in [-0.2, 0) is 46.9 Å². The summed E-state index contributed by atoms with van der Waals surface area (Å²) in [4.78, 5) is 42.4. The lowest BCUT2D eigenvalue weighted by Gasteiger charge is -2.38. The van der Waals surface area contributed by atoms with Gasteiger partial charge in [0.15, 0.2) is 0 Å². The van der Waals surface area contributed by atoms with Crippen molar-refractivity contribution in [3.8, 4) is 34.4 Å². The summed E-state index contributed by atoms with van der Waals surface area (Å²) < 4.78 is 17.9. The number of nitrogens with zero attached hydrogens (tertiary/aromatic N) is 2. The van der Waals surface area contributed by atoms with Crippen LogP contribution < -0.4 is 24.8 Å². The van der Waals surface area contributed by atoms with Crippen molar-refractivity contribution < 1.29 is 33.7 Å². The summed E-state index contributed by atoms with van der Waals surface area (Å²) in [6.07, 6.45) is -0.605. The number of rotatable bonds is 13. The molecule has 0 aromatic heterocycles. The number of aliphatic carboxylic acids is 1. The molecule has 13 heteroatoms. The lowest BCUT2D eigenvalue weighted by atomic mass is 9.91. The molecule has 11 nitrogen and oxygen atoms in total. The van der Waals surface area contributed by atoms with Gasteiger partial charge in [-0.1, -0.05) is 96.0 Å². The number of anilines is 1. The van der Waals surface area contributed by atoms with Gasteiger partial charge in [-0.25, -0.2) is 4.79 Å². The molecular weight excluding hydrogens is 827 g/mol. The highest BCUT2D eigenvalue weighted by molar-refractivity contribution is 6.42. The maximum absolute atomic E-state index is 14.3. The highest BCUT2D eigenvalue weighted by Gasteiger charge is 2.37. The number of ether oxygens (including phenoxy) is 3. The van der Waals surface area contributed by atoms with E-state index < -0.39 is 30.1 Å². The molecule has 0 aliphatic carbocycles. The Morgan fingerprint density at radius 3 is 2.31 bits per heavy atom. The van der Waals surface area contributed by atoms with Gasteiger partial charge in [0.2, 0.25) is 12.0 Å². The number of nitrogens with one attached hydrogen (secondary N) is 2. The number of carbonyl (C=O) groups is 3. The summed E-state index contributed by atoms with van der Waals surface area (Å²) in [6, 6.07) is 38.6. The zero-order valence-electron chi connectivity index (χ0n) is 33.4. The summed E-state index contributed by atoms with van der Waals surface area (Å²) in [7, 11) is 1.59. The van der Waals surface area contributed by atoms with Gasteiger partial charge in [-0.15, -0.1) is 0 Å². The number of nitriles is 1. The third-order valence-electron chi connectivity index (χ3n) is 11.1. The molecule has 3 atom stereocenters. The van der Waals surface area contributed by atoms with E-state index in [4.69, 9.17) is 42.7 Å². The van der Waals surface area contributed by atoms with E-state index in [1.165, 1.54) is 0 Å². The van der Waals surface area contributed by atoms with Crippen LogP contribution in [0, 0.1) is 11.3 Å². The Labute approximate surface area is 368 Å². The van der Waals surface area contributed by atoms with E-state index in [9.17, 15) is 19.5 Å². The van der Waals surface area contributed by atoms with E-state index in [0.29, 0.717) is 57.2 Å².